The molecule has 4 heterocycles. The van der Waals surface area contributed by atoms with Crippen molar-refractivity contribution >= 4 is 17.7 Å². The highest BCUT2D eigenvalue weighted by molar-refractivity contribution is 5.81. The first kappa shape index (κ1) is 16.6. The molecule has 2 bridgehead atoms. The number of hydrogen-bond donors (Lipinski definition) is 1. The Bertz CT molecular complexity index is 665. The molecule has 0 spiro atoms. The molecule has 136 valence electrons. The number of nitrogens with two attached hydrogens (primary N) is 1. The van der Waals surface area contributed by atoms with Crippen molar-refractivity contribution in [2.24, 2.45) is 5.92 Å². The van der Waals surface area contributed by atoms with Crippen molar-refractivity contribution in [3.8, 4) is 0 Å². The number of piperidine rings is 1. The third-order valence-electron chi connectivity index (χ3n) is 5.81. The van der Waals surface area contributed by atoms with Crippen LogP contribution in [0, 0.1) is 5.92 Å². The molecule has 25 heavy (non-hydrogen) atoms. The van der Waals surface area contributed by atoms with Crippen LogP contribution < -0.4 is 10.6 Å². The van der Waals surface area contributed by atoms with Gasteiger partial charge in [-0.3, -0.25) is 4.79 Å². The number of amides is 1. The van der Waals surface area contributed by atoms with E-state index in [1.54, 1.807) is 7.11 Å². The van der Waals surface area contributed by atoms with Crippen molar-refractivity contribution in [3.05, 3.63) is 11.3 Å². The topological polar surface area (TPSA) is 84.6 Å². The first-order valence-corrected chi connectivity index (χ1v) is 9.37. The first-order valence-electron chi connectivity index (χ1n) is 9.37. The van der Waals surface area contributed by atoms with Crippen LogP contribution in [0.3, 0.4) is 0 Å². The van der Waals surface area contributed by atoms with Gasteiger partial charge in [0.25, 0.3) is 0 Å². The van der Waals surface area contributed by atoms with Gasteiger partial charge >= 0.3 is 0 Å². The molecule has 7 heteroatoms. The average molecular weight is 345 g/mol. The zero-order valence-electron chi connectivity index (χ0n) is 14.9. The van der Waals surface area contributed by atoms with E-state index in [1.165, 1.54) is 12.0 Å². The van der Waals surface area contributed by atoms with E-state index in [4.69, 9.17) is 10.5 Å². The molecule has 1 aromatic rings. The van der Waals surface area contributed by atoms with Gasteiger partial charge in [0.15, 0.2) is 0 Å². The van der Waals surface area contributed by atoms with Crippen LogP contribution in [0.1, 0.15) is 36.9 Å². The van der Waals surface area contributed by atoms with Crippen molar-refractivity contribution in [1.29, 1.82) is 0 Å². The number of nitrogen functional groups attached to an aromatic ring is 1. The Morgan fingerprint density at radius 1 is 1.20 bits per heavy atom. The Hall–Kier alpha value is -1.89. The van der Waals surface area contributed by atoms with Crippen molar-refractivity contribution in [1.82, 2.24) is 14.9 Å². The highest BCUT2D eigenvalue weighted by atomic mass is 16.5. The van der Waals surface area contributed by atoms with Crippen LogP contribution in [0.5, 0.6) is 0 Å². The molecule has 7 nitrogen and oxygen atoms in total. The zero-order valence-corrected chi connectivity index (χ0v) is 14.9. The molecule has 0 radical (unpaired) electrons. The summed E-state index contributed by atoms with van der Waals surface area (Å²) in [6.07, 6.45) is 6.35. The molecule has 1 aliphatic carbocycles. The summed E-state index contributed by atoms with van der Waals surface area (Å²) in [6, 6.07) is 0.233. The first-order chi connectivity index (χ1) is 12.2. The van der Waals surface area contributed by atoms with Gasteiger partial charge in [-0.05, 0) is 38.5 Å². The van der Waals surface area contributed by atoms with E-state index >= 15 is 0 Å². The molecule has 1 aromatic heterocycles. The fraction of sp³-hybridized carbons (Fsp3) is 0.722. The third kappa shape index (κ3) is 3.05. The van der Waals surface area contributed by atoms with Crippen molar-refractivity contribution in [2.75, 3.05) is 44.0 Å². The monoisotopic (exact) mass is 345 g/mol. The maximum absolute atomic E-state index is 12.8. The minimum atomic E-state index is 0.0473. The molecule has 5 rings (SSSR count). The van der Waals surface area contributed by atoms with Gasteiger partial charge in [0.2, 0.25) is 11.9 Å². The molecule has 3 fully saturated rings. The predicted octanol–water partition coefficient (Wildman–Crippen LogP) is 1.01. The quantitative estimate of drug-likeness (QED) is 0.877. The molecule has 0 saturated carbocycles. The summed E-state index contributed by atoms with van der Waals surface area (Å²) >= 11 is 0. The van der Waals surface area contributed by atoms with Gasteiger partial charge in [-0.2, -0.15) is 4.98 Å². The Labute approximate surface area is 148 Å². The van der Waals surface area contributed by atoms with Gasteiger partial charge in [-0.15, -0.1) is 0 Å². The lowest BCUT2D eigenvalue weighted by Crippen LogP contribution is -2.49. The van der Waals surface area contributed by atoms with Gasteiger partial charge in [0, 0.05) is 38.3 Å². The Balaban J connectivity index is 1.65. The molecular weight excluding hydrogens is 318 g/mol. The van der Waals surface area contributed by atoms with Crippen LogP contribution in [-0.2, 0) is 22.4 Å². The normalized spacial score (nSPS) is 25.9. The van der Waals surface area contributed by atoms with Crippen LogP contribution in [0.15, 0.2) is 0 Å². The van der Waals surface area contributed by atoms with Gasteiger partial charge in [-0.25, -0.2) is 4.98 Å². The van der Waals surface area contributed by atoms with Crippen LogP contribution in [0.2, 0.25) is 0 Å². The van der Waals surface area contributed by atoms with E-state index in [0.717, 1.165) is 56.7 Å². The summed E-state index contributed by atoms with van der Waals surface area (Å²) < 4.78 is 5.20. The second-order valence-electron chi connectivity index (χ2n) is 7.40. The third-order valence-corrected chi connectivity index (χ3v) is 5.81. The minimum absolute atomic E-state index is 0.0473. The maximum Gasteiger partial charge on any atom is 0.227 e. The Kier molecular flexibility index (Phi) is 4.50. The van der Waals surface area contributed by atoms with Crippen molar-refractivity contribution in [2.45, 2.75) is 44.6 Å². The van der Waals surface area contributed by atoms with Crippen molar-refractivity contribution < 1.29 is 9.53 Å². The lowest BCUT2D eigenvalue weighted by molar-refractivity contribution is -0.140. The number of nitrogens with zero attached hydrogens (tertiary/aromatic N) is 4. The predicted molar refractivity (Wildman–Crippen MR) is 95.4 cm³/mol. The lowest BCUT2D eigenvalue weighted by atomic mass is 9.94. The number of methoxy groups -OCH3 is 1. The number of rotatable bonds is 4. The Morgan fingerprint density at radius 3 is 2.88 bits per heavy atom. The van der Waals surface area contributed by atoms with E-state index in [2.05, 4.69) is 14.9 Å². The highest BCUT2D eigenvalue weighted by Crippen LogP contribution is 2.34. The summed E-state index contributed by atoms with van der Waals surface area (Å²) in [5.41, 5.74) is 8.34. The largest absolute Gasteiger partial charge is 0.383 e. The molecule has 3 saturated heterocycles. The zero-order chi connectivity index (χ0) is 17.4. The molecule has 3 aliphatic heterocycles. The fourth-order valence-electron chi connectivity index (χ4n) is 4.55. The van der Waals surface area contributed by atoms with Crippen LogP contribution in [-0.4, -0.2) is 60.2 Å². The van der Waals surface area contributed by atoms with Gasteiger partial charge < -0.3 is 20.3 Å². The number of aromatic nitrogens is 2. The summed E-state index contributed by atoms with van der Waals surface area (Å²) in [5.74, 6) is 1.65. The lowest BCUT2D eigenvalue weighted by Gasteiger charge is -2.35. The number of aryl methyl sites for hydroxylation is 1. The highest BCUT2D eigenvalue weighted by Gasteiger charge is 2.41. The summed E-state index contributed by atoms with van der Waals surface area (Å²) in [6.45, 7) is 2.83. The standard InChI is InChI=1S/C18H27N5O2/c1-25-9-8-23-13-7-6-12(17(23)24)10-22(11-13)16-14-4-2-3-5-15(14)20-18(19)21-16/h12-13H,2-11H2,1H3,(H2,19,20,21)/t12-,13+/m1/s1. The van der Waals surface area contributed by atoms with Crippen LogP contribution in [0.25, 0.3) is 0 Å². The van der Waals surface area contributed by atoms with E-state index < -0.39 is 0 Å². The smallest absolute Gasteiger partial charge is 0.227 e. The van der Waals surface area contributed by atoms with Crippen LogP contribution in [0.4, 0.5) is 11.8 Å². The average Bonchev–Trinajstić information content (AvgIpc) is 2.90. The van der Waals surface area contributed by atoms with Gasteiger partial charge in [0.1, 0.15) is 5.82 Å². The number of ether oxygens (including phenoxy) is 1. The number of fused-ring (bicyclic) bond motifs is 5. The van der Waals surface area contributed by atoms with Crippen molar-refractivity contribution in [3.63, 3.8) is 0 Å². The Morgan fingerprint density at radius 2 is 2.04 bits per heavy atom. The number of carbonyl (C=O) groups excluding carboxylic acids is 1. The summed E-state index contributed by atoms with van der Waals surface area (Å²) in [5, 5.41) is 0. The van der Waals surface area contributed by atoms with Crippen LogP contribution >= 0.6 is 0 Å². The fourth-order valence-corrected chi connectivity index (χ4v) is 4.55. The second kappa shape index (κ2) is 6.78. The van der Waals surface area contributed by atoms with E-state index in [0.29, 0.717) is 19.1 Å². The number of anilines is 2. The van der Waals surface area contributed by atoms with E-state index in [-0.39, 0.29) is 17.9 Å². The molecule has 4 aliphatic rings. The number of carbonyl (C=O) groups is 1. The molecule has 1 amide bonds. The van der Waals surface area contributed by atoms with E-state index in [1.807, 2.05) is 4.90 Å². The summed E-state index contributed by atoms with van der Waals surface area (Å²) in [4.78, 5) is 26.2. The van der Waals surface area contributed by atoms with Gasteiger partial charge in [0.05, 0.1) is 18.2 Å². The molecule has 2 N–H and O–H groups in total. The SMILES string of the molecule is COCCN1C(=O)[C@@H]2CC[C@H]1CN(c1nc(N)nc3c1CCCC3)C2. The maximum atomic E-state index is 12.8. The minimum Gasteiger partial charge on any atom is -0.383 e. The molecule has 0 aromatic carbocycles. The van der Waals surface area contributed by atoms with E-state index in [9.17, 15) is 4.79 Å². The molecular formula is C18H27N5O2. The number of hydrogen-bond acceptors (Lipinski definition) is 6. The summed E-state index contributed by atoms with van der Waals surface area (Å²) in [7, 11) is 1.68. The second-order valence-corrected chi connectivity index (χ2v) is 7.40. The molecule has 2 atom stereocenters. The molecule has 0 unspecified atom stereocenters. The van der Waals surface area contributed by atoms with Gasteiger partial charge in [-0.1, -0.05) is 0 Å².